The van der Waals surface area contributed by atoms with Gasteiger partial charge in [0.2, 0.25) is 0 Å². The molecule has 1 aliphatic heterocycles. The van der Waals surface area contributed by atoms with Crippen molar-refractivity contribution in [3.63, 3.8) is 0 Å². The molecule has 96 valence electrons. The summed E-state index contributed by atoms with van der Waals surface area (Å²) in [6, 6.07) is 0. The van der Waals surface area contributed by atoms with Gasteiger partial charge in [-0.3, -0.25) is 4.68 Å². The molecule has 2 heterocycles. The molecule has 0 bridgehead atoms. The second-order valence-electron chi connectivity index (χ2n) is 4.27. The highest BCUT2D eigenvalue weighted by Gasteiger charge is 2.17. The van der Waals surface area contributed by atoms with Crippen molar-refractivity contribution < 1.29 is 9.47 Å². The summed E-state index contributed by atoms with van der Waals surface area (Å²) >= 11 is 3.56. The Labute approximate surface area is 110 Å². The molecule has 5 heteroatoms. The Bertz CT molecular complexity index is 373. The van der Waals surface area contributed by atoms with E-state index in [9.17, 15) is 0 Å². The van der Waals surface area contributed by atoms with Crippen LogP contribution in [0.5, 0.6) is 0 Å². The summed E-state index contributed by atoms with van der Waals surface area (Å²) in [6.45, 7) is 6.31. The van der Waals surface area contributed by atoms with Crippen molar-refractivity contribution in [1.82, 2.24) is 9.78 Å². The van der Waals surface area contributed by atoms with Crippen molar-refractivity contribution >= 4 is 15.9 Å². The quantitative estimate of drug-likeness (QED) is 0.858. The lowest BCUT2D eigenvalue weighted by Gasteiger charge is -2.22. The summed E-state index contributed by atoms with van der Waals surface area (Å²) in [7, 11) is 0. The van der Waals surface area contributed by atoms with Gasteiger partial charge in [0.1, 0.15) is 0 Å². The van der Waals surface area contributed by atoms with Gasteiger partial charge in [-0.1, -0.05) is 0 Å². The van der Waals surface area contributed by atoms with Crippen LogP contribution in [0.25, 0.3) is 0 Å². The number of hydrogen-bond donors (Lipinski definition) is 0. The lowest BCUT2D eigenvalue weighted by molar-refractivity contribution is -0.170. The van der Waals surface area contributed by atoms with E-state index in [4.69, 9.17) is 9.47 Å². The zero-order chi connectivity index (χ0) is 12.3. The van der Waals surface area contributed by atoms with E-state index in [1.807, 2.05) is 11.6 Å². The Morgan fingerprint density at radius 2 is 2.35 bits per heavy atom. The van der Waals surface area contributed by atoms with Gasteiger partial charge in [-0.2, -0.15) is 5.10 Å². The molecule has 2 rings (SSSR count). The van der Waals surface area contributed by atoms with E-state index in [1.165, 1.54) is 6.42 Å². The SMILES string of the molecule is CCn1nc(C)c(Br)c1COC1CCCCO1. The Morgan fingerprint density at radius 1 is 1.53 bits per heavy atom. The molecule has 1 aliphatic rings. The fraction of sp³-hybridized carbons (Fsp3) is 0.750. The van der Waals surface area contributed by atoms with Gasteiger partial charge in [0, 0.05) is 13.2 Å². The smallest absolute Gasteiger partial charge is 0.158 e. The van der Waals surface area contributed by atoms with Gasteiger partial charge < -0.3 is 9.47 Å². The van der Waals surface area contributed by atoms with Gasteiger partial charge in [0.05, 0.1) is 22.5 Å². The number of nitrogens with zero attached hydrogens (tertiary/aromatic N) is 2. The molecule has 0 spiro atoms. The first-order valence-electron chi connectivity index (χ1n) is 6.17. The average Bonchev–Trinajstić information content (AvgIpc) is 2.64. The van der Waals surface area contributed by atoms with Crippen molar-refractivity contribution in [3.05, 3.63) is 15.9 Å². The summed E-state index contributed by atoms with van der Waals surface area (Å²) in [6.07, 6.45) is 3.29. The lowest BCUT2D eigenvalue weighted by Crippen LogP contribution is -2.22. The van der Waals surface area contributed by atoms with E-state index in [-0.39, 0.29) is 6.29 Å². The first-order valence-corrected chi connectivity index (χ1v) is 6.96. The molecule has 1 unspecified atom stereocenters. The predicted molar refractivity (Wildman–Crippen MR) is 68.7 cm³/mol. The van der Waals surface area contributed by atoms with Gasteiger partial charge in [-0.25, -0.2) is 0 Å². The van der Waals surface area contributed by atoms with E-state index in [1.54, 1.807) is 0 Å². The monoisotopic (exact) mass is 302 g/mol. The maximum absolute atomic E-state index is 5.79. The van der Waals surface area contributed by atoms with Crippen LogP contribution in [0.2, 0.25) is 0 Å². The van der Waals surface area contributed by atoms with Crippen LogP contribution in [-0.4, -0.2) is 22.7 Å². The maximum atomic E-state index is 5.79. The number of rotatable bonds is 4. The van der Waals surface area contributed by atoms with Crippen LogP contribution < -0.4 is 0 Å². The van der Waals surface area contributed by atoms with E-state index < -0.39 is 0 Å². The molecular formula is C12H19BrN2O2. The second-order valence-corrected chi connectivity index (χ2v) is 5.06. The lowest BCUT2D eigenvalue weighted by atomic mass is 10.2. The second kappa shape index (κ2) is 5.98. The summed E-state index contributed by atoms with van der Waals surface area (Å²) in [4.78, 5) is 0. The van der Waals surface area contributed by atoms with Crippen molar-refractivity contribution in [3.8, 4) is 0 Å². The standard InChI is InChI=1S/C12H19BrN2O2/c1-3-15-10(12(13)9(2)14-15)8-17-11-6-4-5-7-16-11/h11H,3-8H2,1-2H3. The van der Waals surface area contributed by atoms with Crippen molar-refractivity contribution in [2.45, 2.75) is 52.6 Å². The average molecular weight is 303 g/mol. The highest BCUT2D eigenvalue weighted by Crippen LogP contribution is 2.23. The topological polar surface area (TPSA) is 36.3 Å². The third-order valence-electron chi connectivity index (χ3n) is 3.00. The minimum Gasteiger partial charge on any atom is -0.353 e. The van der Waals surface area contributed by atoms with Gasteiger partial charge >= 0.3 is 0 Å². The van der Waals surface area contributed by atoms with Crippen LogP contribution in [0, 0.1) is 6.92 Å². The molecule has 1 saturated heterocycles. The molecule has 0 radical (unpaired) electrons. The third-order valence-corrected chi connectivity index (χ3v) is 4.03. The largest absolute Gasteiger partial charge is 0.353 e. The highest BCUT2D eigenvalue weighted by molar-refractivity contribution is 9.10. The van der Waals surface area contributed by atoms with Crippen LogP contribution in [-0.2, 0) is 22.6 Å². The number of ether oxygens (including phenoxy) is 2. The number of aromatic nitrogens is 2. The molecule has 0 aromatic carbocycles. The van der Waals surface area contributed by atoms with Crippen LogP contribution in [0.15, 0.2) is 4.47 Å². The van der Waals surface area contributed by atoms with E-state index in [0.29, 0.717) is 6.61 Å². The third kappa shape index (κ3) is 3.09. The Hall–Kier alpha value is -0.390. The maximum Gasteiger partial charge on any atom is 0.158 e. The summed E-state index contributed by atoms with van der Waals surface area (Å²) in [5, 5.41) is 4.44. The van der Waals surface area contributed by atoms with Gasteiger partial charge in [-0.05, 0) is 49.0 Å². The van der Waals surface area contributed by atoms with Gasteiger partial charge in [0.25, 0.3) is 0 Å². The number of halogens is 1. The molecule has 4 nitrogen and oxygen atoms in total. The highest BCUT2D eigenvalue weighted by atomic mass is 79.9. The molecule has 0 N–H and O–H groups in total. The zero-order valence-corrected chi connectivity index (χ0v) is 12.0. The Kier molecular flexibility index (Phi) is 4.59. The van der Waals surface area contributed by atoms with Gasteiger partial charge in [-0.15, -0.1) is 0 Å². The fourth-order valence-corrected chi connectivity index (χ4v) is 2.42. The minimum absolute atomic E-state index is 0.0452. The predicted octanol–water partition coefficient (Wildman–Crippen LogP) is 3.02. The fourth-order valence-electron chi connectivity index (χ4n) is 2.02. The molecule has 0 aliphatic carbocycles. The number of aryl methyl sites for hydroxylation is 2. The molecule has 1 aromatic heterocycles. The molecule has 1 atom stereocenters. The Morgan fingerprint density at radius 3 is 3.00 bits per heavy atom. The molecule has 0 amide bonds. The van der Waals surface area contributed by atoms with E-state index >= 15 is 0 Å². The normalized spacial score (nSPS) is 20.8. The molecule has 0 saturated carbocycles. The van der Waals surface area contributed by atoms with E-state index in [0.717, 1.165) is 41.9 Å². The number of hydrogen-bond acceptors (Lipinski definition) is 3. The first kappa shape index (κ1) is 13.1. The van der Waals surface area contributed by atoms with E-state index in [2.05, 4.69) is 28.0 Å². The van der Waals surface area contributed by atoms with Gasteiger partial charge in [0.15, 0.2) is 6.29 Å². The summed E-state index contributed by atoms with van der Waals surface area (Å²) < 4.78 is 14.4. The first-order chi connectivity index (χ1) is 8.22. The Balaban J connectivity index is 1.97. The van der Waals surface area contributed by atoms with Crippen molar-refractivity contribution in [1.29, 1.82) is 0 Å². The van der Waals surface area contributed by atoms with Crippen LogP contribution in [0.1, 0.15) is 37.6 Å². The van der Waals surface area contributed by atoms with Crippen LogP contribution in [0.4, 0.5) is 0 Å². The van der Waals surface area contributed by atoms with Crippen molar-refractivity contribution in [2.75, 3.05) is 6.61 Å². The summed E-state index contributed by atoms with van der Waals surface area (Å²) in [5.41, 5.74) is 2.11. The van der Waals surface area contributed by atoms with Crippen LogP contribution >= 0.6 is 15.9 Å². The molecule has 1 aromatic rings. The zero-order valence-electron chi connectivity index (χ0n) is 10.4. The molecule has 17 heavy (non-hydrogen) atoms. The summed E-state index contributed by atoms with van der Waals surface area (Å²) in [5.74, 6) is 0. The van der Waals surface area contributed by atoms with Crippen molar-refractivity contribution in [2.24, 2.45) is 0 Å². The molecule has 1 fully saturated rings. The minimum atomic E-state index is -0.0452. The van der Waals surface area contributed by atoms with Crippen LogP contribution in [0.3, 0.4) is 0 Å². The molecular weight excluding hydrogens is 284 g/mol.